The van der Waals surface area contributed by atoms with Gasteiger partial charge in [0.05, 0.1) is 5.52 Å². The van der Waals surface area contributed by atoms with Gasteiger partial charge >= 0.3 is 0 Å². The Morgan fingerprint density at radius 3 is 1.48 bits per heavy atom. The molecule has 0 N–H and O–H groups in total. The molecule has 1 heterocycles. The number of benzene rings is 9. The molecule has 0 saturated heterocycles. The number of para-hydroxylation sites is 1. The van der Waals surface area contributed by atoms with Crippen molar-refractivity contribution in [2.45, 2.75) is 0 Å². The van der Waals surface area contributed by atoms with Crippen molar-refractivity contribution in [3.8, 4) is 33.4 Å². The fraction of sp³-hybridized carbons (Fsp3) is 0.0200. The summed E-state index contributed by atoms with van der Waals surface area (Å²) in [4.78, 5) is 7.07. The molecule has 0 fully saturated rings. The smallest absolute Gasteiger partial charge is 0.133 e. The van der Waals surface area contributed by atoms with Gasteiger partial charge in [-0.3, -0.25) is 0 Å². The number of hydrogen-bond donors (Lipinski definition) is 0. The first-order valence-corrected chi connectivity index (χ1v) is 17.8. The zero-order valence-corrected chi connectivity index (χ0v) is 28.8. The maximum absolute atomic E-state index is 4.92. The molecule has 0 aliphatic carbocycles. The van der Waals surface area contributed by atoms with E-state index in [2.05, 4.69) is 194 Å². The van der Waals surface area contributed by atoms with Crippen molar-refractivity contribution in [2.75, 3.05) is 11.9 Å². The summed E-state index contributed by atoms with van der Waals surface area (Å²) in [5.74, 6) is 0.922. The second kappa shape index (κ2) is 12.2. The van der Waals surface area contributed by atoms with E-state index in [1.54, 1.807) is 0 Å². The predicted octanol–water partition coefficient (Wildman–Crippen LogP) is 13.6. The largest absolute Gasteiger partial charge is 0.329 e. The molecule has 244 valence electrons. The molecule has 2 nitrogen and oxygen atoms in total. The third-order valence-corrected chi connectivity index (χ3v) is 10.6. The Morgan fingerprint density at radius 2 is 0.827 bits per heavy atom. The number of pyridine rings is 1. The van der Waals surface area contributed by atoms with Gasteiger partial charge < -0.3 is 4.90 Å². The van der Waals surface area contributed by atoms with Crippen LogP contribution in [0.5, 0.6) is 0 Å². The van der Waals surface area contributed by atoms with Gasteiger partial charge in [0, 0.05) is 18.1 Å². The Morgan fingerprint density at radius 1 is 0.346 bits per heavy atom. The van der Waals surface area contributed by atoms with E-state index in [1.807, 2.05) is 6.07 Å². The van der Waals surface area contributed by atoms with Crippen LogP contribution >= 0.6 is 0 Å². The van der Waals surface area contributed by atoms with Crippen LogP contribution in [0.1, 0.15) is 0 Å². The van der Waals surface area contributed by atoms with Crippen LogP contribution < -0.4 is 4.90 Å². The third-order valence-electron chi connectivity index (χ3n) is 10.6. The highest BCUT2D eigenvalue weighted by Gasteiger charge is 2.18. The molecule has 9 aromatic carbocycles. The summed E-state index contributed by atoms with van der Waals surface area (Å²) in [5, 5.41) is 11.1. The van der Waals surface area contributed by atoms with Gasteiger partial charge in [-0.1, -0.05) is 140 Å². The Kier molecular flexibility index (Phi) is 7.07. The Labute approximate surface area is 302 Å². The number of fused-ring (bicyclic) bond motifs is 5. The molecular weight excluding hydrogens is 629 g/mol. The van der Waals surface area contributed by atoms with Crippen molar-refractivity contribution in [3.05, 3.63) is 188 Å². The maximum Gasteiger partial charge on any atom is 0.133 e. The Balaban J connectivity index is 1.16. The van der Waals surface area contributed by atoms with Crippen LogP contribution in [0.4, 0.5) is 11.5 Å². The average Bonchev–Trinajstić information content (AvgIpc) is 3.22. The molecule has 0 spiro atoms. The van der Waals surface area contributed by atoms with Crippen molar-refractivity contribution < 1.29 is 0 Å². The fourth-order valence-electron chi connectivity index (χ4n) is 7.92. The molecule has 0 aliphatic heterocycles. The molecule has 52 heavy (non-hydrogen) atoms. The van der Waals surface area contributed by atoms with Crippen LogP contribution in [0.3, 0.4) is 0 Å². The minimum atomic E-state index is 0.922. The highest BCUT2D eigenvalue weighted by atomic mass is 15.2. The van der Waals surface area contributed by atoms with Gasteiger partial charge in [0.2, 0.25) is 0 Å². The van der Waals surface area contributed by atoms with Crippen LogP contribution in [0.2, 0.25) is 0 Å². The van der Waals surface area contributed by atoms with Gasteiger partial charge in [0.1, 0.15) is 5.82 Å². The molecule has 0 unspecified atom stereocenters. The minimum Gasteiger partial charge on any atom is -0.329 e. The van der Waals surface area contributed by atoms with Crippen LogP contribution in [-0.4, -0.2) is 12.0 Å². The number of nitrogens with zero attached hydrogens (tertiary/aromatic N) is 2. The van der Waals surface area contributed by atoms with Gasteiger partial charge in [-0.05, 0) is 125 Å². The average molecular weight is 663 g/mol. The number of anilines is 2. The highest BCUT2D eigenvalue weighted by Crippen LogP contribution is 2.46. The molecule has 0 bridgehead atoms. The summed E-state index contributed by atoms with van der Waals surface area (Å²) >= 11 is 0. The molecule has 0 saturated carbocycles. The molecular formula is C50H34N2. The van der Waals surface area contributed by atoms with Crippen molar-refractivity contribution in [2.24, 2.45) is 0 Å². The third kappa shape index (κ3) is 5.08. The van der Waals surface area contributed by atoms with E-state index < -0.39 is 0 Å². The van der Waals surface area contributed by atoms with Crippen LogP contribution in [-0.2, 0) is 0 Å². The second-order valence-corrected chi connectivity index (χ2v) is 13.6. The van der Waals surface area contributed by atoms with E-state index in [9.17, 15) is 0 Å². The van der Waals surface area contributed by atoms with E-state index in [1.165, 1.54) is 76.5 Å². The summed E-state index contributed by atoms with van der Waals surface area (Å²) < 4.78 is 0. The number of aromatic nitrogens is 1. The minimum absolute atomic E-state index is 0.922. The number of rotatable bonds is 5. The lowest BCUT2D eigenvalue weighted by Gasteiger charge is -2.20. The topological polar surface area (TPSA) is 16.1 Å². The van der Waals surface area contributed by atoms with Crippen LogP contribution in [0, 0.1) is 0 Å². The first kappa shape index (κ1) is 30.1. The van der Waals surface area contributed by atoms with Gasteiger partial charge in [-0.2, -0.15) is 0 Å². The molecule has 1 aromatic heterocycles. The summed E-state index contributed by atoms with van der Waals surface area (Å²) in [6.07, 6.45) is 0. The lowest BCUT2D eigenvalue weighted by atomic mass is 9.84. The lowest BCUT2D eigenvalue weighted by Crippen LogP contribution is -2.10. The number of hydrogen-bond acceptors (Lipinski definition) is 2. The van der Waals surface area contributed by atoms with Gasteiger partial charge in [0.15, 0.2) is 0 Å². The standard InChI is InChI=1S/C50H34N2/c1-52(48-29-25-36-12-6-9-17-47(36)51-48)42-26-22-35(23-27-42)39-24-28-45-46(32-39)50(41-21-19-34-11-3-5-14-38(34)31-41)44-16-8-7-15-43(44)49(45)40-20-18-33-10-2-4-13-37(33)30-40/h2-32H,1H3. The normalized spacial score (nSPS) is 11.6. The quantitative estimate of drug-likeness (QED) is 0.171. The monoisotopic (exact) mass is 662 g/mol. The van der Waals surface area contributed by atoms with Gasteiger partial charge in [-0.25, -0.2) is 4.98 Å². The van der Waals surface area contributed by atoms with Crippen LogP contribution in [0.25, 0.3) is 87.4 Å². The summed E-state index contributed by atoms with van der Waals surface area (Å²) in [7, 11) is 2.08. The summed E-state index contributed by atoms with van der Waals surface area (Å²) in [6, 6.07) is 68.3. The van der Waals surface area contributed by atoms with Crippen molar-refractivity contribution >= 4 is 65.5 Å². The van der Waals surface area contributed by atoms with E-state index >= 15 is 0 Å². The summed E-state index contributed by atoms with van der Waals surface area (Å²) in [5.41, 5.74) is 9.44. The zero-order valence-electron chi connectivity index (χ0n) is 28.8. The van der Waals surface area contributed by atoms with E-state index in [0.717, 1.165) is 22.4 Å². The molecule has 10 rings (SSSR count). The Hall–Kier alpha value is -6.77. The first-order chi connectivity index (χ1) is 25.7. The molecule has 0 aliphatic rings. The second-order valence-electron chi connectivity index (χ2n) is 13.6. The molecule has 2 heteroatoms. The zero-order chi connectivity index (χ0) is 34.6. The molecule has 0 atom stereocenters. The van der Waals surface area contributed by atoms with Crippen molar-refractivity contribution in [3.63, 3.8) is 0 Å². The lowest BCUT2D eigenvalue weighted by molar-refractivity contribution is 1.15. The molecule has 10 aromatic rings. The van der Waals surface area contributed by atoms with E-state index in [4.69, 9.17) is 4.98 Å². The summed E-state index contributed by atoms with van der Waals surface area (Å²) in [6.45, 7) is 0. The van der Waals surface area contributed by atoms with Crippen molar-refractivity contribution in [1.82, 2.24) is 4.98 Å². The molecule has 0 amide bonds. The van der Waals surface area contributed by atoms with Gasteiger partial charge in [0.25, 0.3) is 0 Å². The van der Waals surface area contributed by atoms with E-state index in [0.29, 0.717) is 0 Å². The Bertz CT molecular complexity index is 2980. The van der Waals surface area contributed by atoms with Gasteiger partial charge in [-0.15, -0.1) is 0 Å². The fourth-order valence-corrected chi connectivity index (χ4v) is 7.92. The first-order valence-electron chi connectivity index (χ1n) is 17.8. The van der Waals surface area contributed by atoms with Crippen LogP contribution in [0.15, 0.2) is 188 Å². The molecule has 0 radical (unpaired) electrons. The predicted molar refractivity (Wildman–Crippen MR) is 223 cm³/mol. The SMILES string of the molecule is CN(c1ccc(-c2ccc3c(-c4ccc5ccccc5c4)c4ccccc4c(-c4ccc5ccccc5c4)c3c2)cc1)c1ccc2ccccc2n1. The maximum atomic E-state index is 4.92. The van der Waals surface area contributed by atoms with E-state index in [-0.39, 0.29) is 0 Å². The highest BCUT2D eigenvalue weighted by molar-refractivity contribution is 6.22. The van der Waals surface area contributed by atoms with Crippen molar-refractivity contribution in [1.29, 1.82) is 0 Å².